The number of rotatable bonds is 5. The van der Waals surface area contributed by atoms with E-state index >= 15 is 0 Å². The van der Waals surface area contributed by atoms with Crippen molar-refractivity contribution < 1.29 is 4.42 Å². The highest BCUT2D eigenvalue weighted by atomic mass is 16.3. The molecule has 46 heavy (non-hydrogen) atoms. The summed E-state index contributed by atoms with van der Waals surface area (Å²) in [7, 11) is 0. The Kier molecular flexibility index (Phi) is 6.17. The fraction of sp³-hybridized carbons (Fsp3) is 0. The average Bonchev–Trinajstić information content (AvgIpc) is 3.52. The first kappa shape index (κ1) is 26.3. The minimum atomic E-state index is 0.876. The fourth-order valence-corrected chi connectivity index (χ4v) is 6.82. The first-order chi connectivity index (χ1) is 22.8. The van der Waals surface area contributed by atoms with Crippen molar-refractivity contribution in [2.24, 2.45) is 0 Å². The van der Waals surface area contributed by atoms with Crippen LogP contribution in [0.15, 0.2) is 180 Å². The molecule has 0 spiro atoms. The molecule has 0 saturated carbocycles. The molecule has 0 aliphatic carbocycles. The van der Waals surface area contributed by atoms with E-state index in [9.17, 15) is 0 Å². The summed E-state index contributed by atoms with van der Waals surface area (Å²) < 4.78 is 6.94. The van der Waals surface area contributed by atoms with Crippen LogP contribution >= 0.6 is 0 Å². The van der Waals surface area contributed by atoms with E-state index < -0.39 is 0 Å². The summed E-state index contributed by atoms with van der Waals surface area (Å²) >= 11 is 0. The van der Waals surface area contributed by atoms with Crippen LogP contribution in [0.1, 0.15) is 0 Å². The molecule has 0 radical (unpaired) electrons. The lowest BCUT2D eigenvalue weighted by atomic mass is 9.99. The van der Waals surface area contributed by atoms with Gasteiger partial charge < -0.3 is 9.32 Å². The molecular weight excluding hydrogens is 558 g/mol. The topological polar surface area (TPSA) is 16.4 Å². The van der Waals surface area contributed by atoms with E-state index in [1.54, 1.807) is 0 Å². The van der Waals surface area contributed by atoms with Crippen molar-refractivity contribution in [1.82, 2.24) is 0 Å². The molecule has 216 valence electrons. The number of hydrogen-bond donors (Lipinski definition) is 0. The molecule has 2 nitrogen and oxygen atoms in total. The molecule has 8 aromatic carbocycles. The second kappa shape index (κ2) is 10.8. The van der Waals surface area contributed by atoms with E-state index in [1.165, 1.54) is 38.4 Å². The lowest BCUT2D eigenvalue weighted by Gasteiger charge is -2.25. The molecule has 0 fully saturated rings. The van der Waals surface area contributed by atoms with Crippen LogP contribution in [-0.4, -0.2) is 0 Å². The number of nitrogens with zero attached hydrogens (tertiary/aromatic N) is 1. The van der Waals surface area contributed by atoms with Gasteiger partial charge in [-0.25, -0.2) is 0 Å². The Morgan fingerprint density at radius 1 is 0.348 bits per heavy atom. The highest BCUT2D eigenvalue weighted by Crippen LogP contribution is 2.44. The Hall–Kier alpha value is -6.12. The molecule has 0 aliphatic rings. The molecular formula is C44H29NO. The van der Waals surface area contributed by atoms with Crippen molar-refractivity contribution in [1.29, 1.82) is 0 Å². The molecule has 0 atom stereocenters. The number of fused-ring (bicyclic) bond motifs is 7. The zero-order chi connectivity index (χ0) is 30.5. The van der Waals surface area contributed by atoms with Gasteiger partial charge in [-0.3, -0.25) is 0 Å². The second-order valence-electron chi connectivity index (χ2n) is 11.7. The van der Waals surface area contributed by atoms with E-state index in [2.05, 4.69) is 181 Å². The monoisotopic (exact) mass is 587 g/mol. The van der Waals surface area contributed by atoms with Crippen molar-refractivity contribution in [2.45, 2.75) is 0 Å². The number of anilines is 3. The molecule has 0 amide bonds. The predicted molar refractivity (Wildman–Crippen MR) is 194 cm³/mol. The summed E-state index contributed by atoms with van der Waals surface area (Å²) in [5.41, 5.74) is 9.75. The van der Waals surface area contributed by atoms with Gasteiger partial charge in [-0.15, -0.1) is 0 Å². The van der Waals surface area contributed by atoms with Gasteiger partial charge >= 0.3 is 0 Å². The smallest absolute Gasteiger partial charge is 0.159 e. The number of benzene rings is 8. The number of para-hydroxylation sites is 2. The van der Waals surface area contributed by atoms with E-state index in [-0.39, 0.29) is 0 Å². The summed E-state index contributed by atoms with van der Waals surface area (Å²) in [5, 5.41) is 6.99. The van der Waals surface area contributed by atoms with Gasteiger partial charge in [0, 0.05) is 27.5 Å². The Bertz CT molecular complexity index is 2510. The van der Waals surface area contributed by atoms with Gasteiger partial charge in [0.15, 0.2) is 5.58 Å². The van der Waals surface area contributed by atoms with Gasteiger partial charge in [-0.05, 0) is 80.9 Å². The highest BCUT2D eigenvalue weighted by Gasteiger charge is 2.20. The van der Waals surface area contributed by atoms with Gasteiger partial charge in [0.1, 0.15) is 5.58 Å². The van der Waals surface area contributed by atoms with Crippen LogP contribution in [-0.2, 0) is 0 Å². The lowest BCUT2D eigenvalue weighted by molar-refractivity contribution is 0.673. The van der Waals surface area contributed by atoms with E-state index in [1.807, 2.05) is 0 Å². The maximum atomic E-state index is 6.94. The Labute approximate surface area is 267 Å². The maximum Gasteiger partial charge on any atom is 0.159 e. The first-order valence-corrected chi connectivity index (χ1v) is 15.7. The van der Waals surface area contributed by atoms with Gasteiger partial charge in [0.25, 0.3) is 0 Å². The van der Waals surface area contributed by atoms with Crippen molar-refractivity contribution in [3.63, 3.8) is 0 Å². The average molecular weight is 588 g/mol. The third kappa shape index (κ3) is 4.35. The molecule has 0 saturated heterocycles. The Morgan fingerprint density at radius 3 is 1.72 bits per heavy atom. The Balaban J connectivity index is 1.21. The number of hydrogen-bond acceptors (Lipinski definition) is 2. The van der Waals surface area contributed by atoms with Gasteiger partial charge in [0.2, 0.25) is 0 Å². The van der Waals surface area contributed by atoms with Crippen LogP contribution in [0.4, 0.5) is 17.1 Å². The van der Waals surface area contributed by atoms with Gasteiger partial charge in [-0.2, -0.15) is 0 Å². The van der Waals surface area contributed by atoms with Gasteiger partial charge in [0.05, 0.1) is 5.69 Å². The minimum absolute atomic E-state index is 0.876. The zero-order valence-corrected chi connectivity index (χ0v) is 25.1. The number of furan rings is 1. The molecule has 2 heteroatoms. The van der Waals surface area contributed by atoms with Crippen molar-refractivity contribution in [3.8, 4) is 22.3 Å². The van der Waals surface area contributed by atoms with E-state index in [0.717, 1.165) is 44.4 Å². The molecule has 1 heterocycles. The fourth-order valence-electron chi connectivity index (χ4n) is 6.82. The van der Waals surface area contributed by atoms with Crippen LogP contribution in [0, 0.1) is 0 Å². The van der Waals surface area contributed by atoms with Crippen molar-refractivity contribution in [2.75, 3.05) is 4.90 Å². The zero-order valence-electron chi connectivity index (χ0n) is 25.1. The summed E-state index contributed by atoms with van der Waals surface area (Å²) in [6.07, 6.45) is 0. The van der Waals surface area contributed by atoms with Crippen LogP contribution < -0.4 is 4.90 Å². The highest BCUT2D eigenvalue weighted by molar-refractivity contribution is 6.24. The molecule has 0 aliphatic heterocycles. The third-order valence-electron chi connectivity index (χ3n) is 9.03. The van der Waals surface area contributed by atoms with Crippen molar-refractivity contribution >= 4 is 60.5 Å². The summed E-state index contributed by atoms with van der Waals surface area (Å²) in [6.45, 7) is 0. The second-order valence-corrected chi connectivity index (χ2v) is 11.7. The SMILES string of the molecule is c1ccc(-c2cccc(-c3ccc(N(c4ccccc4)c4cccc5c4oc4c5ccc5ccc6ccccc6c54)cc3)c2)cc1. The summed E-state index contributed by atoms with van der Waals surface area (Å²) in [6, 6.07) is 62.5. The largest absolute Gasteiger partial charge is 0.453 e. The third-order valence-corrected chi connectivity index (χ3v) is 9.03. The quantitative estimate of drug-likeness (QED) is 0.186. The van der Waals surface area contributed by atoms with Crippen molar-refractivity contribution in [3.05, 3.63) is 176 Å². The molecule has 0 unspecified atom stereocenters. The summed E-state index contributed by atoms with van der Waals surface area (Å²) in [5.74, 6) is 0. The van der Waals surface area contributed by atoms with Gasteiger partial charge in [-0.1, -0.05) is 133 Å². The Morgan fingerprint density at radius 2 is 0.913 bits per heavy atom. The first-order valence-electron chi connectivity index (χ1n) is 15.7. The van der Waals surface area contributed by atoms with Crippen LogP contribution in [0.3, 0.4) is 0 Å². The molecule has 9 rings (SSSR count). The standard InChI is InChI=1S/C44H29NO/c1-3-11-30(12-4-1)34-14-9-15-35(29-34)31-23-26-37(27-24-31)45(36-16-5-2-6-17-36)41-20-10-19-39-40-28-25-33-22-21-32-13-7-8-18-38(32)42(33)44(40)46-43(39)41/h1-29H. The maximum absolute atomic E-state index is 6.94. The van der Waals surface area contributed by atoms with E-state index in [0.29, 0.717) is 0 Å². The van der Waals surface area contributed by atoms with Crippen LogP contribution in [0.2, 0.25) is 0 Å². The summed E-state index contributed by atoms with van der Waals surface area (Å²) in [4.78, 5) is 2.30. The van der Waals surface area contributed by atoms with E-state index in [4.69, 9.17) is 4.42 Å². The normalized spacial score (nSPS) is 11.5. The molecule has 1 aromatic heterocycles. The lowest BCUT2D eigenvalue weighted by Crippen LogP contribution is -2.10. The predicted octanol–water partition coefficient (Wildman–Crippen LogP) is 12.7. The van der Waals surface area contributed by atoms with Crippen LogP contribution in [0.25, 0.3) is 65.7 Å². The molecule has 0 bridgehead atoms. The minimum Gasteiger partial charge on any atom is -0.453 e. The molecule has 0 N–H and O–H groups in total. The van der Waals surface area contributed by atoms with Crippen LogP contribution in [0.5, 0.6) is 0 Å². The molecule has 9 aromatic rings.